The van der Waals surface area contributed by atoms with E-state index >= 15 is 0 Å². The predicted molar refractivity (Wildman–Crippen MR) is 90.1 cm³/mol. The van der Waals surface area contributed by atoms with Crippen molar-refractivity contribution in [2.45, 2.75) is 31.5 Å². The number of ether oxygens (including phenoxy) is 1. The molecule has 2 fully saturated rings. The van der Waals surface area contributed by atoms with Crippen molar-refractivity contribution in [2.75, 3.05) is 19.7 Å². The van der Waals surface area contributed by atoms with E-state index in [1.165, 1.54) is 16.3 Å². The Bertz CT molecular complexity index is 710. The summed E-state index contributed by atoms with van der Waals surface area (Å²) < 4.78 is 5.70. The van der Waals surface area contributed by atoms with Gasteiger partial charge in [0.25, 0.3) is 0 Å². The standard InChI is InChI=1S/C19H22N2O2/c22-19-13-23-18-9-11-21(10-8-17(18)20-19)12-15-6-3-5-14-4-1-2-7-16(14)15/h1-7,17-18H,8-13H2,(H,20,22)/t17-,18-/m0/s1. The third-order valence-electron chi connectivity index (χ3n) is 4.98. The number of amides is 1. The van der Waals surface area contributed by atoms with E-state index < -0.39 is 0 Å². The average Bonchev–Trinajstić information content (AvgIpc) is 2.77. The third-order valence-corrected chi connectivity index (χ3v) is 4.98. The van der Waals surface area contributed by atoms with Gasteiger partial charge in [-0.3, -0.25) is 9.69 Å². The first-order valence-electron chi connectivity index (χ1n) is 8.39. The molecule has 0 saturated carbocycles. The molecule has 1 amide bonds. The summed E-state index contributed by atoms with van der Waals surface area (Å²) in [5.74, 6) is 0.0220. The zero-order chi connectivity index (χ0) is 15.6. The molecule has 2 aromatic carbocycles. The highest BCUT2D eigenvalue weighted by Crippen LogP contribution is 2.23. The molecule has 4 nitrogen and oxygen atoms in total. The lowest BCUT2D eigenvalue weighted by atomic mass is 10.0. The van der Waals surface area contributed by atoms with Crippen molar-refractivity contribution in [3.05, 3.63) is 48.0 Å². The lowest BCUT2D eigenvalue weighted by Crippen LogP contribution is -2.51. The van der Waals surface area contributed by atoms with Crippen molar-refractivity contribution in [1.82, 2.24) is 10.2 Å². The maximum Gasteiger partial charge on any atom is 0.246 e. The van der Waals surface area contributed by atoms with Crippen LogP contribution in [0.15, 0.2) is 42.5 Å². The van der Waals surface area contributed by atoms with Gasteiger partial charge in [0.1, 0.15) is 6.61 Å². The van der Waals surface area contributed by atoms with Crippen molar-refractivity contribution in [1.29, 1.82) is 0 Å². The summed E-state index contributed by atoms with van der Waals surface area (Å²) in [6.07, 6.45) is 2.11. The van der Waals surface area contributed by atoms with Gasteiger partial charge in [0.15, 0.2) is 0 Å². The zero-order valence-electron chi connectivity index (χ0n) is 13.2. The Labute approximate surface area is 136 Å². The maximum absolute atomic E-state index is 11.5. The molecular formula is C19H22N2O2. The van der Waals surface area contributed by atoms with Crippen LogP contribution in [0.4, 0.5) is 0 Å². The highest BCUT2D eigenvalue weighted by atomic mass is 16.5. The Kier molecular flexibility index (Phi) is 4.02. The fraction of sp³-hybridized carbons (Fsp3) is 0.421. The van der Waals surface area contributed by atoms with Gasteiger partial charge in [-0.1, -0.05) is 42.5 Å². The molecule has 0 aromatic heterocycles. The molecule has 2 atom stereocenters. The van der Waals surface area contributed by atoms with Crippen molar-refractivity contribution in [3.8, 4) is 0 Å². The summed E-state index contributed by atoms with van der Waals surface area (Å²) in [5.41, 5.74) is 1.37. The number of benzene rings is 2. The number of fused-ring (bicyclic) bond motifs is 2. The van der Waals surface area contributed by atoms with Gasteiger partial charge >= 0.3 is 0 Å². The molecule has 2 heterocycles. The SMILES string of the molecule is O=C1CO[C@H]2CCN(Cc3cccc4ccccc34)CC[C@@H]2N1. The van der Waals surface area contributed by atoms with Gasteiger partial charge in [-0.05, 0) is 29.2 Å². The van der Waals surface area contributed by atoms with Crippen molar-refractivity contribution in [3.63, 3.8) is 0 Å². The number of hydrogen-bond acceptors (Lipinski definition) is 3. The highest BCUT2D eigenvalue weighted by Gasteiger charge is 2.32. The minimum absolute atomic E-state index is 0.0220. The first-order valence-corrected chi connectivity index (χ1v) is 8.39. The summed E-state index contributed by atoms with van der Waals surface area (Å²) in [6.45, 7) is 3.17. The fourth-order valence-electron chi connectivity index (χ4n) is 3.76. The number of nitrogens with one attached hydrogen (secondary N) is 1. The van der Waals surface area contributed by atoms with Crippen molar-refractivity contribution in [2.24, 2.45) is 0 Å². The average molecular weight is 310 g/mol. The van der Waals surface area contributed by atoms with E-state index in [2.05, 4.69) is 52.7 Å². The van der Waals surface area contributed by atoms with Gasteiger partial charge < -0.3 is 10.1 Å². The van der Waals surface area contributed by atoms with Crippen molar-refractivity contribution < 1.29 is 9.53 Å². The number of likely N-dealkylation sites (tertiary alicyclic amines) is 1. The Balaban J connectivity index is 1.49. The van der Waals surface area contributed by atoms with E-state index in [-0.39, 0.29) is 24.7 Å². The van der Waals surface area contributed by atoms with Crippen LogP contribution >= 0.6 is 0 Å². The van der Waals surface area contributed by atoms with Gasteiger partial charge in [-0.2, -0.15) is 0 Å². The second-order valence-corrected chi connectivity index (χ2v) is 6.52. The molecule has 1 N–H and O–H groups in total. The maximum atomic E-state index is 11.5. The summed E-state index contributed by atoms with van der Waals surface area (Å²) in [4.78, 5) is 14.0. The molecular weight excluding hydrogens is 288 g/mol. The molecule has 4 heteroatoms. The molecule has 23 heavy (non-hydrogen) atoms. The number of carbonyl (C=O) groups excluding carboxylic acids is 1. The molecule has 0 aliphatic carbocycles. The molecule has 0 bridgehead atoms. The molecule has 2 aromatic rings. The topological polar surface area (TPSA) is 41.6 Å². The van der Waals surface area contributed by atoms with E-state index in [4.69, 9.17) is 4.74 Å². The highest BCUT2D eigenvalue weighted by molar-refractivity contribution is 5.85. The molecule has 0 spiro atoms. The number of morpholine rings is 1. The number of nitrogens with zero attached hydrogens (tertiary/aromatic N) is 1. The molecule has 2 saturated heterocycles. The van der Waals surface area contributed by atoms with E-state index in [0.717, 1.165) is 32.5 Å². The Morgan fingerprint density at radius 1 is 1.09 bits per heavy atom. The van der Waals surface area contributed by atoms with Crippen LogP contribution in [0.25, 0.3) is 10.8 Å². The minimum Gasteiger partial charge on any atom is -0.366 e. The molecule has 0 unspecified atom stereocenters. The summed E-state index contributed by atoms with van der Waals surface area (Å²) >= 11 is 0. The first-order chi connectivity index (χ1) is 11.3. The second-order valence-electron chi connectivity index (χ2n) is 6.52. The molecule has 4 rings (SSSR count). The molecule has 2 aliphatic heterocycles. The predicted octanol–water partition coefficient (Wildman–Crippen LogP) is 2.32. The van der Waals surface area contributed by atoms with Crippen LogP contribution in [-0.2, 0) is 16.1 Å². The van der Waals surface area contributed by atoms with E-state index in [1.807, 2.05) is 0 Å². The van der Waals surface area contributed by atoms with Crippen LogP contribution in [0, 0.1) is 0 Å². The summed E-state index contributed by atoms with van der Waals surface area (Å²) in [7, 11) is 0. The van der Waals surface area contributed by atoms with E-state index in [1.54, 1.807) is 0 Å². The molecule has 2 aliphatic rings. The fourth-order valence-corrected chi connectivity index (χ4v) is 3.76. The summed E-state index contributed by atoms with van der Waals surface area (Å²) in [5, 5.41) is 5.71. The third kappa shape index (κ3) is 3.09. The van der Waals surface area contributed by atoms with Crippen molar-refractivity contribution >= 4 is 16.7 Å². The monoisotopic (exact) mass is 310 g/mol. The quantitative estimate of drug-likeness (QED) is 0.925. The molecule has 120 valence electrons. The van der Waals surface area contributed by atoms with Crippen LogP contribution in [0.5, 0.6) is 0 Å². The lowest BCUT2D eigenvalue weighted by molar-refractivity contribution is -0.136. The van der Waals surface area contributed by atoms with Gasteiger partial charge in [-0.15, -0.1) is 0 Å². The molecule has 0 radical (unpaired) electrons. The van der Waals surface area contributed by atoms with Gasteiger partial charge in [-0.25, -0.2) is 0 Å². The first kappa shape index (κ1) is 14.7. The number of rotatable bonds is 2. The number of carbonyl (C=O) groups is 1. The summed E-state index contributed by atoms with van der Waals surface area (Å²) in [6, 6.07) is 15.3. The Morgan fingerprint density at radius 3 is 2.87 bits per heavy atom. The van der Waals surface area contributed by atoms with Crippen LogP contribution in [0.2, 0.25) is 0 Å². The largest absolute Gasteiger partial charge is 0.366 e. The minimum atomic E-state index is 0.0220. The van der Waals surface area contributed by atoms with Crippen LogP contribution in [-0.4, -0.2) is 42.6 Å². The normalized spacial score (nSPS) is 25.7. The number of hydrogen-bond donors (Lipinski definition) is 1. The van der Waals surface area contributed by atoms with E-state index in [0.29, 0.717) is 0 Å². The van der Waals surface area contributed by atoms with Crippen LogP contribution < -0.4 is 5.32 Å². The lowest BCUT2D eigenvalue weighted by Gasteiger charge is -2.30. The van der Waals surface area contributed by atoms with Gasteiger partial charge in [0.05, 0.1) is 12.1 Å². The second kappa shape index (κ2) is 6.30. The van der Waals surface area contributed by atoms with Gasteiger partial charge in [0, 0.05) is 19.6 Å². The van der Waals surface area contributed by atoms with Gasteiger partial charge in [0.2, 0.25) is 5.91 Å². The van der Waals surface area contributed by atoms with Crippen LogP contribution in [0.1, 0.15) is 18.4 Å². The van der Waals surface area contributed by atoms with E-state index in [9.17, 15) is 4.79 Å². The Morgan fingerprint density at radius 2 is 1.91 bits per heavy atom. The smallest absolute Gasteiger partial charge is 0.246 e. The Hall–Kier alpha value is -1.91. The van der Waals surface area contributed by atoms with Crippen LogP contribution in [0.3, 0.4) is 0 Å². The zero-order valence-corrected chi connectivity index (χ0v) is 13.2.